The summed E-state index contributed by atoms with van der Waals surface area (Å²) in [7, 11) is 0. The van der Waals surface area contributed by atoms with Gasteiger partial charge in [0, 0.05) is 23.3 Å². The number of pyridine rings is 2. The summed E-state index contributed by atoms with van der Waals surface area (Å²) in [5.41, 5.74) is 2.88. The second-order valence-electron chi connectivity index (χ2n) is 3.27. The predicted molar refractivity (Wildman–Crippen MR) is 57.1 cm³/mol. The first-order chi connectivity index (χ1) is 7.43. The van der Waals surface area contributed by atoms with Gasteiger partial charge in [-0.3, -0.25) is 15.1 Å². The Morgan fingerprint density at radius 2 is 2.13 bits per heavy atom. The van der Waals surface area contributed by atoms with Crippen molar-refractivity contribution >= 4 is 10.9 Å². The van der Waals surface area contributed by atoms with Crippen LogP contribution in [0.4, 0.5) is 0 Å². The molecular formula is C11H8N4. The minimum Gasteiger partial charge on any atom is -0.276 e. The van der Waals surface area contributed by atoms with Gasteiger partial charge in [-0.15, -0.1) is 0 Å². The lowest BCUT2D eigenvalue weighted by Crippen LogP contribution is -1.83. The minimum atomic E-state index is 0.914. The molecule has 0 bridgehead atoms. The van der Waals surface area contributed by atoms with E-state index in [0.717, 1.165) is 22.2 Å². The third-order valence-electron chi connectivity index (χ3n) is 2.28. The molecule has 0 aliphatic carbocycles. The fourth-order valence-corrected chi connectivity index (χ4v) is 1.51. The van der Waals surface area contributed by atoms with Crippen LogP contribution in [-0.4, -0.2) is 20.2 Å². The van der Waals surface area contributed by atoms with Crippen molar-refractivity contribution in [2.24, 2.45) is 0 Å². The molecule has 0 fully saturated rings. The van der Waals surface area contributed by atoms with Crippen LogP contribution in [0.1, 0.15) is 0 Å². The number of nitrogens with one attached hydrogen (secondary N) is 1. The maximum absolute atomic E-state index is 4.34. The van der Waals surface area contributed by atoms with Crippen molar-refractivity contribution in [2.45, 2.75) is 0 Å². The molecule has 3 aromatic heterocycles. The summed E-state index contributed by atoms with van der Waals surface area (Å²) in [5, 5.41) is 7.88. The zero-order valence-electron chi connectivity index (χ0n) is 7.88. The third kappa shape index (κ3) is 1.36. The smallest absolute Gasteiger partial charge is 0.0833 e. The summed E-state index contributed by atoms with van der Waals surface area (Å²) in [6.07, 6.45) is 7.12. The summed E-state index contributed by atoms with van der Waals surface area (Å²) in [4.78, 5) is 8.40. The highest BCUT2D eigenvalue weighted by Gasteiger charge is 2.01. The first-order valence-corrected chi connectivity index (χ1v) is 4.63. The van der Waals surface area contributed by atoms with E-state index in [9.17, 15) is 0 Å². The Morgan fingerprint density at radius 3 is 3.00 bits per heavy atom. The summed E-state index contributed by atoms with van der Waals surface area (Å²) in [6.45, 7) is 0. The first kappa shape index (κ1) is 8.11. The molecule has 4 heteroatoms. The average Bonchev–Trinajstić information content (AvgIpc) is 2.77. The molecule has 3 aromatic rings. The molecular weight excluding hydrogens is 188 g/mol. The van der Waals surface area contributed by atoms with Crippen LogP contribution in [0.2, 0.25) is 0 Å². The lowest BCUT2D eigenvalue weighted by molar-refractivity contribution is 1.11. The van der Waals surface area contributed by atoms with Crippen molar-refractivity contribution in [2.75, 3.05) is 0 Å². The Hall–Kier alpha value is -2.23. The van der Waals surface area contributed by atoms with Gasteiger partial charge in [-0.1, -0.05) is 0 Å². The number of fused-ring (bicyclic) bond motifs is 1. The first-order valence-electron chi connectivity index (χ1n) is 4.63. The molecule has 72 valence electrons. The summed E-state index contributed by atoms with van der Waals surface area (Å²) < 4.78 is 0. The van der Waals surface area contributed by atoms with Gasteiger partial charge in [0.25, 0.3) is 0 Å². The van der Waals surface area contributed by atoms with Crippen LogP contribution in [0.5, 0.6) is 0 Å². The van der Waals surface area contributed by atoms with Gasteiger partial charge < -0.3 is 0 Å². The number of hydrogen-bond acceptors (Lipinski definition) is 3. The van der Waals surface area contributed by atoms with Gasteiger partial charge in [0.15, 0.2) is 0 Å². The molecule has 0 radical (unpaired) electrons. The molecule has 0 amide bonds. The topological polar surface area (TPSA) is 54.5 Å². The summed E-state index contributed by atoms with van der Waals surface area (Å²) in [5.74, 6) is 0. The fourth-order valence-electron chi connectivity index (χ4n) is 1.51. The van der Waals surface area contributed by atoms with E-state index in [1.807, 2.05) is 18.2 Å². The highest BCUT2D eigenvalue weighted by atomic mass is 15.1. The Balaban J connectivity index is 2.19. The van der Waals surface area contributed by atoms with Crippen LogP contribution >= 0.6 is 0 Å². The quantitative estimate of drug-likeness (QED) is 0.647. The van der Waals surface area contributed by atoms with E-state index >= 15 is 0 Å². The molecule has 1 N–H and O–H groups in total. The monoisotopic (exact) mass is 196 g/mol. The van der Waals surface area contributed by atoms with Gasteiger partial charge >= 0.3 is 0 Å². The number of rotatable bonds is 1. The van der Waals surface area contributed by atoms with E-state index < -0.39 is 0 Å². The Morgan fingerprint density at radius 1 is 1.13 bits per heavy atom. The zero-order valence-corrected chi connectivity index (χ0v) is 7.88. The molecule has 0 unspecified atom stereocenters. The summed E-state index contributed by atoms with van der Waals surface area (Å²) in [6, 6.07) is 5.88. The normalized spacial score (nSPS) is 10.7. The van der Waals surface area contributed by atoms with Crippen LogP contribution in [0, 0.1) is 0 Å². The predicted octanol–water partition coefficient (Wildman–Crippen LogP) is 2.02. The number of aromatic nitrogens is 4. The van der Waals surface area contributed by atoms with E-state index in [4.69, 9.17) is 0 Å². The van der Waals surface area contributed by atoms with Crippen LogP contribution in [0.25, 0.3) is 22.2 Å². The van der Waals surface area contributed by atoms with E-state index in [1.54, 1.807) is 24.8 Å². The molecule has 0 spiro atoms. The number of hydrogen-bond donors (Lipinski definition) is 1. The molecule has 0 aliphatic rings. The highest BCUT2D eigenvalue weighted by molar-refractivity contribution is 5.81. The van der Waals surface area contributed by atoms with Crippen LogP contribution in [0.3, 0.4) is 0 Å². The molecule has 3 heterocycles. The van der Waals surface area contributed by atoms with Crippen molar-refractivity contribution in [3.63, 3.8) is 0 Å². The molecule has 0 aliphatic heterocycles. The van der Waals surface area contributed by atoms with Crippen LogP contribution < -0.4 is 0 Å². The van der Waals surface area contributed by atoms with E-state index in [2.05, 4.69) is 20.2 Å². The van der Waals surface area contributed by atoms with Crippen molar-refractivity contribution in [3.05, 3.63) is 43.0 Å². The Bertz CT molecular complexity index is 586. The number of nitrogens with zero attached hydrogens (tertiary/aromatic N) is 3. The van der Waals surface area contributed by atoms with Gasteiger partial charge in [0.1, 0.15) is 0 Å². The van der Waals surface area contributed by atoms with Crippen molar-refractivity contribution in [3.8, 4) is 11.3 Å². The van der Waals surface area contributed by atoms with Gasteiger partial charge in [-0.05, 0) is 18.2 Å². The minimum absolute atomic E-state index is 0.914. The second-order valence-corrected chi connectivity index (χ2v) is 3.27. The fraction of sp³-hybridized carbons (Fsp3) is 0. The highest BCUT2D eigenvalue weighted by Crippen LogP contribution is 2.19. The second kappa shape index (κ2) is 3.16. The van der Waals surface area contributed by atoms with E-state index in [-0.39, 0.29) is 0 Å². The zero-order chi connectivity index (χ0) is 10.1. The Labute approximate surface area is 86.0 Å². The number of H-pyrrole nitrogens is 1. The molecule has 0 aromatic carbocycles. The third-order valence-corrected chi connectivity index (χ3v) is 2.28. The molecule has 0 saturated carbocycles. The number of aromatic amines is 1. The SMILES string of the molecule is c1cncc(-c2cc3cn[nH]c3cn2)c1. The van der Waals surface area contributed by atoms with E-state index in [1.165, 1.54) is 0 Å². The maximum Gasteiger partial charge on any atom is 0.0833 e. The van der Waals surface area contributed by atoms with Crippen molar-refractivity contribution in [1.82, 2.24) is 20.2 Å². The van der Waals surface area contributed by atoms with Gasteiger partial charge in [0.2, 0.25) is 0 Å². The van der Waals surface area contributed by atoms with Gasteiger partial charge in [0.05, 0.1) is 23.6 Å². The van der Waals surface area contributed by atoms with E-state index in [0.29, 0.717) is 0 Å². The Kier molecular flexibility index (Phi) is 1.71. The molecule has 0 saturated heterocycles. The molecule has 0 atom stereocenters. The average molecular weight is 196 g/mol. The van der Waals surface area contributed by atoms with Gasteiger partial charge in [-0.2, -0.15) is 5.10 Å². The van der Waals surface area contributed by atoms with Crippen LogP contribution in [0.15, 0.2) is 43.0 Å². The lowest BCUT2D eigenvalue weighted by atomic mass is 10.1. The molecule has 4 nitrogen and oxygen atoms in total. The largest absolute Gasteiger partial charge is 0.276 e. The standard InChI is InChI=1S/C11H8N4/c1-2-8(5-12-3-1)10-4-9-6-14-15-11(9)7-13-10/h1-7H,(H,14,15). The van der Waals surface area contributed by atoms with Crippen molar-refractivity contribution in [1.29, 1.82) is 0 Å². The van der Waals surface area contributed by atoms with Crippen molar-refractivity contribution < 1.29 is 0 Å². The molecule has 15 heavy (non-hydrogen) atoms. The van der Waals surface area contributed by atoms with Gasteiger partial charge in [-0.25, -0.2) is 0 Å². The lowest BCUT2D eigenvalue weighted by Gasteiger charge is -1.98. The maximum atomic E-state index is 4.34. The summed E-state index contributed by atoms with van der Waals surface area (Å²) >= 11 is 0. The molecule has 3 rings (SSSR count). The van der Waals surface area contributed by atoms with Crippen LogP contribution in [-0.2, 0) is 0 Å².